The van der Waals surface area contributed by atoms with Crippen LogP contribution in [0.3, 0.4) is 0 Å². The van der Waals surface area contributed by atoms with Crippen LogP contribution in [-0.2, 0) is 20.7 Å². The van der Waals surface area contributed by atoms with E-state index in [4.69, 9.17) is 9.84 Å². The summed E-state index contributed by atoms with van der Waals surface area (Å²) in [4.78, 5) is 40.0. The number of nitrogens with zero attached hydrogens (tertiary/aromatic N) is 1. The summed E-state index contributed by atoms with van der Waals surface area (Å²) in [7, 11) is 0. The van der Waals surface area contributed by atoms with Gasteiger partial charge in [-0.05, 0) is 70.8 Å². The molecule has 2 N–H and O–H groups in total. The van der Waals surface area contributed by atoms with Gasteiger partial charge in [0.15, 0.2) is 5.17 Å². The lowest BCUT2D eigenvalue weighted by molar-refractivity contribution is -0.136. The maximum atomic E-state index is 14.1. The molecule has 1 aliphatic rings. The van der Waals surface area contributed by atoms with Crippen molar-refractivity contribution in [2.24, 2.45) is 4.99 Å². The smallest absolute Gasteiger partial charge is 0.338 e. The average Bonchev–Trinajstić information content (AvgIpc) is 3.24. The number of unbranched alkanes of at least 4 members (excludes halogenated alkanes) is 1. The minimum atomic E-state index is -1.12. The van der Waals surface area contributed by atoms with Gasteiger partial charge in [-0.25, -0.2) is 14.2 Å². The second-order valence-corrected chi connectivity index (χ2v) is 9.55. The molecule has 1 saturated heterocycles. The van der Waals surface area contributed by atoms with Gasteiger partial charge in [0.2, 0.25) is 0 Å². The van der Waals surface area contributed by atoms with Crippen molar-refractivity contribution < 1.29 is 28.6 Å². The lowest BCUT2D eigenvalue weighted by Crippen LogP contribution is -2.19. The average molecular weight is 533 g/mol. The van der Waals surface area contributed by atoms with Crippen molar-refractivity contribution in [1.82, 2.24) is 5.32 Å². The Hall–Kier alpha value is -4.24. The van der Waals surface area contributed by atoms with Gasteiger partial charge in [0.25, 0.3) is 5.91 Å². The third kappa shape index (κ3) is 6.95. The predicted octanol–water partition coefficient (Wildman–Crippen LogP) is 5.97. The van der Waals surface area contributed by atoms with Crippen molar-refractivity contribution in [3.63, 3.8) is 0 Å². The summed E-state index contributed by atoms with van der Waals surface area (Å²) in [5.74, 6) is -2.44. The zero-order valence-corrected chi connectivity index (χ0v) is 21.4. The van der Waals surface area contributed by atoms with E-state index < -0.39 is 18.2 Å². The van der Waals surface area contributed by atoms with Gasteiger partial charge in [-0.2, -0.15) is 0 Å². The molecule has 4 rings (SSSR count). The summed E-state index contributed by atoms with van der Waals surface area (Å²) in [6.45, 7) is 2.45. The number of benzene rings is 3. The number of ether oxygens (including phenoxy) is 1. The van der Waals surface area contributed by atoms with Gasteiger partial charge in [-0.3, -0.25) is 9.59 Å². The highest BCUT2D eigenvalue weighted by Gasteiger charge is 2.24. The topological polar surface area (TPSA) is 105 Å². The van der Waals surface area contributed by atoms with E-state index in [2.05, 4.69) is 10.3 Å². The minimum Gasteiger partial charge on any atom is -0.481 e. The Morgan fingerprint density at radius 2 is 1.74 bits per heavy atom. The predicted molar refractivity (Wildman–Crippen MR) is 146 cm³/mol. The lowest BCUT2D eigenvalue weighted by atomic mass is 10.0. The molecule has 7 nitrogen and oxygen atoms in total. The molecular formula is C29H25FN2O5S. The highest BCUT2D eigenvalue weighted by molar-refractivity contribution is 8.18. The first kappa shape index (κ1) is 26.8. The largest absolute Gasteiger partial charge is 0.481 e. The number of esters is 1. The summed E-state index contributed by atoms with van der Waals surface area (Å²) in [5, 5.41) is 11.8. The van der Waals surface area contributed by atoms with Crippen LogP contribution in [0.2, 0.25) is 0 Å². The van der Waals surface area contributed by atoms with Crippen LogP contribution >= 0.6 is 11.8 Å². The fraction of sp³-hybridized carbons (Fsp3) is 0.172. The van der Waals surface area contributed by atoms with E-state index in [0.717, 1.165) is 47.4 Å². The van der Waals surface area contributed by atoms with Crippen molar-refractivity contribution in [3.8, 4) is 11.1 Å². The second-order valence-electron chi connectivity index (χ2n) is 8.52. The number of aliphatic carboxylic acids is 1. The molecule has 3 aromatic carbocycles. The Morgan fingerprint density at radius 1 is 1.05 bits per heavy atom. The number of carbonyl (C=O) groups excluding carboxylic acids is 2. The Labute approximate surface area is 223 Å². The Kier molecular flexibility index (Phi) is 8.70. The van der Waals surface area contributed by atoms with E-state index in [1.54, 1.807) is 18.2 Å². The molecule has 0 bridgehead atoms. The Balaban J connectivity index is 1.41. The number of rotatable bonds is 9. The molecule has 0 radical (unpaired) electrons. The number of halogens is 1. The fourth-order valence-corrected chi connectivity index (χ4v) is 4.47. The standard InChI is InChI=1S/C29H25FN2O5S/c1-2-3-14-37-28(36)21-10-8-20(9-11-21)19-6-4-18(5-7-19)15-25-27(35)32-29(38-25)31-23-13-12-22(16-26(33)34)24(30)17-23/h4-13,15,17H,2-3,14,16H2,1H3,(H,33,34)(H,31,32,35)/b25-15+. The molecule has 0 aromatic heterocycles. The molecule has 9 heteroatoms. The normalized spacial score (nSPS) is 15.1. The number of nitrogens with one attached hydrogen (secondary N) is 1. The van der Waals surface area contributed by atoms with Crippen LogP contribution < -0.4 is 5.32 Å². The van der Waals surface area contributed by atoms with Gasteiger partial charge < -0.3 is 15.2 Å². The molecule has 0 aliphatic carbocycles. The number of thioether (sulfide) groups is 1. The van der Waals surface area contributed by atoms with Crippen LogP contribution in [0.5, 0.6) is 0 Å². The Morgan fingerprint density at radius 3 is 2.37 bits per heavy atom. The molecule has 1 amide bonds. The molecule has 38 heavy (non-hydrogen) atoms. The van der Waals surface area contributed by atoms with Crippen LogP contribution in [-0.4, -0.2) is 34.7 Å². The molecule has 0 spiro atoms. The van der Waals surface area contributed by atoms with Crippen molar-refractivity contribution in [2.45, 2.75) is 26.2 Å². The SMILES string of the molecule is CCCCOC(=O)c1ccc(-c2ccc(/C=C3/SC(=Nc4ccc(CC(=O)O)c(F)c4)NC3=O)cc2)cc1. The summed E-state index contributed by atoms with van der Waals surface area (Å²) in [6.07, 6.45) is 3.12. The molecule has 3 aromatic rings. The van der Waals surface area contributed by atoms with Crippen LogP contribution in [0.15, 0.2) is 76.6 Å². The number of carboxylic acids is 1. The van der Waals surface area contributed by atoms with Crippen molar-refractivity contribution in [1.29, 1.82) is 0 Å². The quantitative estimate of drug-likeness (QED) is 0.200. The highest BCUT2D eigenvalue weighted by Crippen LogP contribution is 2.29. The molecular weight excluding hydrogens is 507 g/mol. The molecule has 0 saturated carbocycles. The maximum Gasteiger partial charge on any atom is 0.338 e. The second kappa shape index (κ2) is 12.3. The summed E-state index contributed by atoms with van der Waals surface area (Å²) in [6, 6.07) is 18.8. The van der Waals surface area contributed by atoms with Gasteiger partial charge in [0.1, 0.15) is 5.82 Å². The molecule has 1 heterocycles. The van der Waals surface area contributed by atoms with Gasteiger partial charge in [-0.15, -0.1) is 0 Å². The van der Waals surface area contributed by atoms with Crippen molar-refractivity contribution in [2.75, 3.05) is 6.61 Å². The zero-order chi connectivity index (χ0) is 27.1. The number of amidine groups is 1. The van der Waals surface area contributed by atoms with E-state index in [-0.39, 0.29) is 23.1 Å². The first-order valence-corrected chi connectivity index (χ1v) is 12.8. The summed E-state index contributed by atoms with van der Waals surface area (Å²) >= 11 is 1.13. The molecule has 194 valence electrons. The van der Waals surface area contributed by atoms with Gasteiger partial charge in [0, 0.05) is 0 Å². The summed E-state index contributed by atoms with van der Waals surface area (Å²) < 4.78 is 19.4. The minimum absolute atomic E-state index is 0.0643. The maximum absolute atomic E-state index is 14.1. The molecule has 0 unspecified atom stereocenters. The van der Waals surface area contributed by atoms with Gasteiger partial charge >= 0.3 is 11.9 Å². The first-order chi connectivity index (χ1) is 18.3. The van der Waals surface area contributed by atoms with Crippen molar-refractivity contribution in [3.05, 3.63) is 94.1 Å². The monoisotopic (exact) mass is 532 g/mol. The molecule has 1 aliphatic heterocycles. The third-order valence-corrected chi connectivity index (χ3v) is 6.56. The van der Waals surface area contributed by atoms with Crippen LogP contribution in [0.4, 0.5) is 10.1 Å². The van der Waals surface area contributed by atoms with Crippen LogP contribution in [0, 0.1) is 5.82 Å². The van der Waals surface area contributed by atoms with E-state index in [1.807, 2.05) is 43.3 Å². The van der Waals surface area contributed by atoms with Gasteiger partial charge in [-0.1, -0.05) is 55.8 Å². The fourth-order valence-electron chi connectivity index (χ4n) is 3.62. The molecule has 1 fully saturated rings. The Bertz CT molecular complexity index is 1420. The number of aliphatic imine (C=N–C) groups is 1. The number of amides is 1. The first-order valence-electron chi connectivity index (χ1n) is 12.0. The number of carbonyl (C=O) groups is 3. The molecule has 0 atom stereocenters. The van der Waals surface area contributed by atoms with Crippen molar-refractivity contribution >= 4 is 46.5 Å². The number of carboxylic acid groups (broad SMARTS) is 1. The zero-order valence-electron chi connectivity index (χ0n) is 20.6. The van der Waals surface area contributed by atoms with Crippen LogP contribution in [0.1, 0.15) is 41.3 Å². The van der Waals surface area contributed by atoms with Gasteiger partial charge in [0.05, 0.1) is 29.2 Å². The van der Waals surface area contributed by atoms with Crippen LogP contribution in [0.25, 0.3) is 17.2 Å². The third-order valence-electron chi connectivity index (χ3n) is 5.65. The number of hydrogen-bond acceptors (Lipinski definition) is 6. The van der Waals surface area contributed by atoms with E-state index in [0.29, 0.717) is 22.2 Å². The van der Waals surface area contributed by atoms with E-state index >= 15 is 0 Å². The summed E-state index contributed by atoms with van der Waals surface area (Å²) in [5.41, 5.74) is 3.55. The van der Waals surface area contributed by atoms with E-state index in [1.165, 1.54) is 12.1 Å². The lowest BCUT2D eigenvalue weighted by Gasteiger charge is -2.06. The highest BCUT2D eigenvalue weighted by atomic mass is 32.2. The number of hydrogen-bond donors (Lipinski definition) is 2. The van der Waals surface area contributed by atoms with E-state index in [9.17, 15) is 18.8 Å².